The van der Waals surface area contributed by atoms with E-state index >= 15 is 0 Å². The molecule has 0 radical (unpaired) electrons. The molecule has 1 aromatic carbocycles. The van der Waals surface area contributed by atoms with E-state index < -0.39 is 0 Å². The minimum absolute atomic E-state index is 0.00592. The van der Waals surface area contributed by atoms with Crippen LogP contribution in [0.3, 0.4) is 0 Å². The molecule has 2 heterocycles. The number of fused-ring (bicyclic) bond motifs is 1. The summed E-state index contributed by atoms with van der Waals surface area (Å²) in [5.41, 5.74) is 1.99. The number of hydrogen-bond acceptors (Lipinski definition) is 3. The Labute approximate surface area is 111 Å². The van der Waals surface area contributed by atoms with Crippen molar-refractivity contribution in [2.24, 2.45) is 0 Å². The third-order valence-corrected chi connectivity index (χ3v) is 3.32. The maximum Gasteiger partial charge on any atom is 0.249 e. The van der Waals surface area contributed by atoms with Crippen molar-refractivity contribution in [3.63, 3.8) is 0 Å². The molecule has 1 aromatic heterocycles. The number of ether oxygens (including phenoxy) is 1. The summed E-state index contributed by atoms with van der Waals surface area (Å²) in [7, 11) is 0. The second kappa shape index (κ2) is 5.40. The summed E-state index contributed by atoms with van der Waals surface area (Å²) in [6.45, 7) is 1.28. The van der Waals surface area contributed by atoms with Gasteiger partial charge in [-0.25, -0.2) is 4.98 Å². The van der Waals surface area contributed by atoms with Gasteiger partial charge in [-0.2, -0.15) is 0 Å². The van der Waals surface area contributed by atoms with E-state index in [4.69, 9.17) is 4.74 Å². The van der Waals surface area contributed by atoms with Crippen LogP contribution in [0.25, 0.3) is 11.0 Å². The molecule has 0 bridgehead atoms. The Morgan fingerprint density at radius 3 is 3.16 bits per heavy atom. The van der Waals surface area contributed by atoms with Crippen LogP contribution in [0.2, 0.25) is 0 Å². The summed E-state index contributed by atoms with van der Waals surface area (Å²) in [6, 6.07) is 7.91. The van der Waals surface area contributed by atoms with E-state index in [9.17, 15) is 4.79 Å². The molecule has 1 saturated heterocycles. The monoisotopic (exact) mass is 259 g/mol. The van der Waals surface area contributed by atoms with E-state index in [2.05, 4.69) is 15.3 Å². The van der Waals surface area contributed by atoms with Gasteiger partial charge in [0.2, 0.25) is 5.91 Å². The number of carbonyl (C=O) groups excluding carboxylic acids is 1. The number of nitrogens with one attached hydrogen (secondary N) is 2. The van der Waals surface area contributed by atoms with Crippen molar-refractivity contribution in [2.45, 2.75) is 25.4 Å². The fraction of sp³-hybridized carbons (Fsp3) is 0.429. The fourth-order valence-corrected chi connectivity index (χ4v) is 2.33. The Balaban J connectivity index is 1.53. The molecule has 100 valence electrons. The minimum Gasteiger partial charge on any atom is -0.368 e. The Morgan fingerprint density at radius 2 is 2.37 bits per heavy atom. The molecule has 2 aromatic rings. The molecule has 1 fully saturated rings. The van der Waals surface area contributed by atoms with Gasteiger partial charge in [-0.3, -0.25) is 4.79 Å². The maximum atomic E-state index is 11.7. The molecule has 0 spiro atoms. The lowest BCUT2D eigenvalue weighted by atomic mass is 10.2. The van der Waals surface area contributed by atoms with Gasteiger partial charge in [0, 0.05) is 19.6 Å². The van der Waals surface area contributed by atoms with E-state index in [1.165, 1.54) is 0 Å². The average molecular weight is 259 g/mol. The number of imidazole rings is 1. The number of benzene rings is 1. The van der Waals surface area contributed by atoms with E-state index in [0.29, 0.717) is 19.6 Å². The van der Waals surface area contributed by atoms with Gasteiger partial charge in [-0.05, 0) is 25.0 Å². The Hall–Kier alpha value is -1.88. The first-order chi connectivity index (χ1) is 9.33. The highest BCUT2D eigenvalue weighted by atomic mass is 16.5. The molecule has 5 heteroatoms. The highest BCUT2D eigenvalue weighted by Crippen LogP contribution is 2.12. The molecule has 0 unspecified atom stereocenters. The second-order valence-corrected chi connectivity index (χ2v) is 4.74. The number of H-pyrrole nitrogens is 1. The highest BCUT2D eigenvalue weighted by molar-refractivity contribution is 5.81. The summed E-state index contributed by atoms with van der Waals surface area (Å²) < 4.78 is 5.33. The van der Waals surface area contributed by atoms with Crippen LogP contribution in [0.15, 0.2) is 24.3 Å². The lowest BCUT2D eigenvalue weighted by Gasteiger charge is -2.09. The number of hydrogen-bond donors (Lipinski definition) is 2. The molecule has 0 aliphatic carbocycles. The van der Waals surface area contributed by atoms with Crippen LogP contribution < -0.4 is 5.32 Å². The van der Waals surface area contributed by atoms with Crippen molar-refractivity contribution in [2.75, 3.05) is 13.2 Å². The van der Waals surface area contributed by atoms with Crippen LogP contribution in [0.1, 0.15) is 18.7 Å². The molecular weight excluding hydrogens is 242 g/mol. The van der Waals surface area contributed by atoms with Crippen molar-refractivity contribution in [1.29, 1.82) is 0 Å². The number of nitrogens with zero attached hydrogens (tertiary/aromatic N) is 1. The molecule has 1 aliphatic rings. The summed E-state index contributed by atoms with van der Waals surface area (Å²) >= 11 is 0. The van der Waals surface area contributed by atoms with Crippen molar-refractivity contribution >= 4 is 16.9 Å². The second-order valence-electron chi connectivity index (χ2n) is 4.74. The third kappa shape index (κ3) is 2.76. The standard InChI is InChI=1S/C14H17N3O2/c18-14(12-6-3-9-19-12)15-8-7-13-16-10-4-1-2-5-11(10)17-13/h1-2,4-5,12H,3,6-9H2,(H,15,18)(H,16,17)/t12-/m0/s1. The van der Waals surface area contributed by atoms with Crippen LogP contribution >= 0.6 is 0 Å². The van der Waals surface area contributed by atoms with Crippen molar-refractivity contribution in [3.8, 4) is 0 Å². The summed E-state index contributed by atoms with van der Waals surface area (Å²) in [5, 5.41) is 2.89. The number of aromatic amines is 1. The highest BCUT2D eigenvalue weighted by Gasteiger charge is 2.22. The van der Waals surface area contributed by atoms with Crippen molar-refractivity contribution in [3.05, 3.63) is 30.1 Å². The Morgan fingerprint density at radius 1 is 1.47 bits per heavy atom. The van der Waals surface area contributed by atoms with Crippen LogP contribution in [-0.4, -0.2) is 35.1 Å². The number of carbonyl (C=O) groups is 1. The average Bonchev–Trinajstić information content (AvgIpc) is 3.07. The summed E-state index contributed by atoms with van der Waals surface area (Å²) in [6.07, 6.45) is 2.25. The van der Waals surface area contributed by atoms with Gasteiger partial charge in [-0.15, -0.1) is 0 Å². The molecular formula is C14H17N3O2. The van der Waals surface area contributed by atoms with Crippen molar-refractivity contribution < 1.29 is 9.53 Å². The normalized spacial score (nSPS) is 18.8. The van der Waals surface area contributed by atoms with Crippen LogP contribution in [0.5, 0.6) is 0 Å². The van der Waals surface area contributed by atoms with Crippen LogP contribution in [-0.2, 0) is 16.0 Å². The van der Waals surface area contributed by atoms with Gasteiger partial charge in [-0.1, -0.05) is 12.1 Å². The molecule has 1 aliphatic heterocycles. The molecule has 2 N–H and O–H groups in total. The van der Waals surface area contributed by atoms with Gasteiger partial charge in [0.25, 0.3) is 0 Å². The Bertz CT molecular complexity index is 540. The zero-order chi connectivity index (χ0) is 13.1. The lowest BCUT2D eigenvalue weighted by Crippen LogP contribution is -2.35. The van der Waals surface area contributed by atoms with Gasteiger partial charge >= 0.3 is 0 Å². The number of rotatable bonds is 4. The van der Waals surface area contributed by atoms with Crippen molar-refractivity contribution in [1.82, 2.24) is 15.3 Å². The molecule has 1 amide bonds. The maximum absolute atomic E-state index is 11.7. The van der Waals surface area contributed by atoms with E-state index in [0.717, 1.165) is 29.7 Å². The minimum atomic E-state index is -0.254. The van der Waals surface area contributed by atoms with Crippen LogP contribution in [0, 0.1) is 0 Å². The first kappa shape index (κ1) is 12.2. The molecule has 5 nitrogen and oxygen atoms in total. The number of para-hydroxylation sites is 2. The van der Waals surface area contributed by atoms with E-state index in [-0.39, 0.29) is 12.0 Å². The predicted molar refractivity (Wildman–Crippen MR) is 71.8 cm³/mol. The smallest absolute Gasteiger partial charge is 0.249 e. The first-order valence-electron chi connectivity index (χ1n) is 6.66. The summed E-state index contributed by atoms with van der Waals surface area (Å²) in [5.74, 6) is 0.891. The number of aromatic nitrogens is 2. The largest absolute Gasteiger partial charge is 0.368 e. The lowest BCUT2D eigenvalue weighted by molar-refractivity contribution is -0.129. The number of amides is 1. The quantitative estimate of drug-likeness (QED) is 0.872. The zero-order valence-electron chi connectivity index (χ0n) is 10.7. The fourth-order valence-electron chi connectivity index (χ4n) is 2.33. The molecule has 1 atom stereocenters. The molecule has 19 heavy (non-hydrogen) atoms. The van der Waals surface area contributed by atoms with Gasteiger partial charge < -0.3 is 15.0 Å². The molecule has 3 rings (SSSR count). The Kier molecular flexibility index (Phi) is 3.46. The van der Waals surface area contributed by atoms with Gasteiger partial charge in [0.1, 0.15) is 11.9 Å². The van der Waals surface area contributed by atoms with Gasteiger partial charge in [0.15, 0.2) is 0 Å². The summed E-state index contributed by atoms with van der Waals surface area (Å²) in [4.78, 5) is 19.5. The zero-order valence-corrected chi connectivity index (χ0v) is 10.7. The van der Waals surface area contributed by atoms with Crippen LogP contribution in [0.4, 0.5) is 0 Å². The predicted octanol–water partition coefficient (Wildman–Crippen LogP) is 1.40. The first-order valence-corrected chi connectivity index (χ1v) is 6.66. The van der Waals surface area contributed by atoms with E-state index in [1.54, 1.807) is 0 Å². The topological polar surface area (TPSA) is 67.0 Å². The van der Waals surface area contributed by atoms with Gasteiger partial charge in [0.05, 0.1) is 11.0 Å². The van der Waals surface area contributed by atoms with E-state index in [1.807, 2.05) is 24.3 Å². The SMILES string of the molecule is O=C(NCCc1nc2ccccc2[nH]1)[C@@H]1CCCO1. The third-order valence-electron chi connectivity index (χ3n) is 3.32. The molecule has 0 saturated carbocycles.